The van der Waals surface area contributed by atoms with Crippen LogP contribution in [0.15, 0.2) is 30.4 Å². The Bertz CT molecular complexity index is 638. The van der Waals surface area contributed by atoms with Crippen LogP contribution in [0.4, 0.5) is 0 Å². The second-order valence-electron chi connectivity index (χ2n) is 7.76. The second kappa shape index (κ2) is 11.0. The van der Waals surface area contributed by atoms with E-state index in [1.54, 1.807) is 0 Å². The molecule has 3 N–H and O–H groups in total. The highest BCUT2D eigenvalue weighted by atomic mass is 16.4. The van der Waals surface area contributed by atoms with Gasteiger partial charge in [0.15, 0.2) is 0 Å². The predicted molar refractivity (Wildman–Crippen MR) is 109 cm³/mol. The van der Waals surface area contributed by atoms with Crippen molar-refractivity contribution in [2.24, 2.45) is 0 Å². The Balaban J connectivity index is 0.000000300. The zero-order chi connectivity index (χ0) is 20.5. The van der Waals surface area contributed by atoms with Crippen molar-refractivity contribution in [3.05, 3.63) is 47.0 Å². The first-order chi connectivity index (χ1) is 13.3. The van der Waals surface area contributed by atoms with Crippen LogP contribution in [0.25, 0.3) is 0 Å². The van der Waals surface area contributed by atoms with Crippen LogP contribution >= 0.6 is 0 Å². The maximum absolute atomic E-state index is 9.55. The number of hydrogen-bond acceptors (Lipinski definition) is 4. The maximum atomic E-state index is 9.55. The molecular weight excluding hydrogens is 356 g/mol. The van der Waals surface area contributed by atoms with Gasteiger partial charge in [-0.25, -0.2) is 9.59 Å². The van der Waals surface area contributed by atoms with E-state index in [0.717, 1.165) is 18.6 Å². The summed E-state index contributed by atoms with van der Waals surface area (Å²) in [6, 6.07) is 8.59. The standard InChI is InChI=1S/C18H28N2.C4H4O4/c1-14-9-15(2)11-16(10-14)13-20(17-5-3-4-6-17)18-7-8-19-12-18;5-3(6)1-2-4(7)8/h9-11,17-19H,3-8,12-13H2,1-2H3;1-2H,(H,5,6)(H,7,8)/t18-;/m0./s1. The van der Waals surface area contributed by atoms with E-state index in [1.165, 1.54) is 61.9 Å². The Morgan fingerprint density at radius 2 is 1.57 bits per heavy atom. The average Bonchev–Trinajstić information content (AvgIpc) is 3.31. The van der Waals surface area contributed by atoms with Gasteiger partial charge in [0.2, 0.25) is 0 Å². The Hall–Kier alpha value is -2.18. The monoisotopic (exact) mass is 388 g/mol. The number of nitrogens with zero attached hydrogens (tertiary/aromatic N) is 1. The molecular formula is C22H32N2O4. The van der Waals surface area contributed by atoms with E-state index in [4.69, 9.17) is 10.2 Å². The number of nitrogens with one attached hydrogen (secondary N) is 1. The van der Waals surface area contributed by atoms with Crippen molar-refractivity contribution in [3.63, 3.8) is 0 Å². The lowest BCUT2D eigenvalue weighted by atomic mass is 10.0. The van der Waals surface area contributed by atoms with Gasteiger partial charge >= 0.3 is 11.9 Å². The van der Waals surface area contributed by atoms with Crippen LogP contribution < -0.4 is 5.32 Å². The van der Waals surface area contributed by atoms with Crippen molar-refractivity contribution in [2.45, 2.75) is 64.6 Å². The first kappa shape index (κ1) is 22.1. The van der Waals surface area contributed by atoms with Gasteiger partial charge in [-0.15, -0.1) is 0 Å². The van der Waals surface area contributed by atoms with Gasteiger partial charge < -0.3 is 15.5 Å². The molecule has 0 radical (unpaired) electrons. The quantitative estimate of drug-likeness (QED) is 0.649. The Labute approximate surface area is 167 Å². The molecule has 6 heteroatoms. The fourth-order valence-corrected chi connectivity index (χ4v) is 4.23. The molecule has 2 aliphatic rings. The average molecular weight is 389 g/mol. The van der Waals surface area contributed by atoms with Crippen molar-refractivity contribution in [1.29, 1.82) is 0 Å². The van der Waals surface area contributed by atoms with Gasteiger partial charge in [0.25, 0.3) is 0 Å². The van der Waals surface area contributed by atoms with E-state index >= 15 is 0 Å². The molecule has 2 fully saturated rings. The third-order valence-corrected chi connectivity index (χ3v) is 5.31. The molecule has 1 saturated heterocycles. The number of rotatable bonds is 6. The lowest BCUT2D eigenvalue weighted by molar-refractivity contribution is -0.134. The summed E-state index contributed by atoms with van der Waals surface area (Å²) in [5, 5.41) is 19.2. The molecule has 0 unspecified atom stereocenters. The van der Waals surface area contributed by atoms with E-state index in [2.05, 4.69) is 42.3 Å². The van der Waals surface area contributed by atoms with Crippen LogP contribution in [0.2, 0.25) is 0 Å². The van der Waals surface area contributed by atoms with Crippen LogP contribution in [0.3, 0.4) is 0 Å². The molecule has 28 heavy (non-hydrogen) atoms. The van der Waals surface area contributed by atoms with Gasteiger partial charge in [0.05, 0.1) is 0 Å². The summed E-state index contributed by atoms with van der Waals surface area (Å²) in [7, 11) is 0. The van der Waals surface area contributed by atoms with Crippen molar-refractivity contribution in [3.8, 4) is 0 Å². The number of aliphatic carboxylic acids is 2. The fourth-order valence-electron chi connectivity index (χ4n) is 4.23. The largest absolute Gasteiger partial charge is 0.478 e. The molecule has 0 spiro atoms. The summed E-state index contributed by atoms with van der Waals surface area (Å²) in [6.45, 7) is 7.95. The molecule has 1 saturated carbocycles. The third-order valence-electron chi connectivity index (χ3n) is 5.31. The van der Waals surface area contributed by atoms with Crippen molar-refractivity contribution in [1.82, 2.24) is 10.2 Å². The third kappa shape index (κ3) is 7.44. The van der Waals surface area contributed by atoms with E-state index < -0.39 is 11.9 Å². The second-order valence-corrected chi connectivity index (χ2v) is 7.76. The molecule has 0 bridgehead atoms. The predicted octanol–water partition coefficient (Wildman–Crippen LogP) is 3.12. The zero-order valence-corrected chi connectivity index (χ0v) is 16.9. The number of carbonyl (C=O) groups is 2. The number of carboxylic acid groups (broad SMARTS) is 2. The van der Waals surface area contributed by atoms with Crippen molar-refractivity contribution < 1.29 is 19.8 Å². The molecule has 1 aliphatic heterocycles. The van der Waals surface area contributed by atoms with Crippen molar-refractivity contribution >= 4 is 11.9 Å². The molecule has 154 valence electrons. The number of hydrogen-bond donors (Lipinski definition) is 3. The van der Waals surface area contributed by atoms with Crippen LogP contribution in [-0.2, 0) is 16.1 Å². The molecule has 3 rings (SSSR count). The van der Waals surface area contributed by atoms with Crippen LogP contribution in [0, 0.1) is 13.8 Å². The fraction of sp³-hybridized carbons (Fsp3) is 0.545. The van der Waals surface area contributed by atoms with E-state index in [0.29, 0.717) is 12.2 Å². The Kier molecular flexibility index (Phi) is 8.67. The normalized spacial score (nSPS) is 19.8. The Morgan fingerprint density at radius 3 is 2.04 bits per heavy atom. The zero-order valence-electron chi connectivity index (χ0n) is 16.9. The minimum Gasteiger partial charge on any atom is -0.478 e. The lowest BCUT2D eigenvalue weighted by Crippen LogP contribution is -2.42. The van der Waals surface area contributed by atoms with Crippen LogP contribution in [0.1, 0.15) is 48.8 Å². The van der Waals surface area contributed by atoms with Crippen LogP contribution in [-0.4, -0.2) is 52.2 Å². The maximum Gasteiger partial charge on any atom is 0.328 e. The van der Waals surface area contributed by atoms with Gasteiger partial charge in [-0.05, 0) is 45.2 Å². The molecule has 1 aliphatic carbocycles. The number of benzene rings is 1. The van der Waals surface area contributed by atoms with Gasteiger partial charge in [-0.1, -0.05) is 42.2 Å². The number of aryl methyl sites for hydroxylation is 2. The summed E-state index contributed by atoms with van der Waals surface area (Å²) in [6.07, 6.45) is 8.09. The summed E-state index contributed by atoms with van der Waals surface area (Å²) >= 11 is 0. The molecule has 6 nitrogen and oxygen atoms in total. The molecule has 1 aromatic carbocycles. The van der Waals surface area contributed by atoms with E-state index in [-0.39, 0.29) is 0 Å². The first-order valence-electron chi connectivity index (χ1n) is 10.0. The smallest absolute Gasteiger partial charge is 0.328 e. The molecule has 1 heterocycles. The van der Waals surface area contributed by atoms with Gasteiger partial charge in [0.1, 0.15) is 0 Å². The molecule has 0 aromatic heterocycles. The topological polar surface area (TPSA) is 89.9 Å². The van der Waals surface area contributed by atoms with Gasteiger partial charge in [-0.3, -0.25) is 4.90 Å². The SMILES string of the molecule is Cc1cc(C)cc(CN(C2CCCC2)[C@H]2CCNC2)c1.O=C(O)C=CC(=O)O. The minimum atomic E-state index is -1.26. The highest BCUT2D eigenvalue weighted by Crippen LogP contribution is 2.28. The van der Waals surface area contributed by atoms with E-state index in [1.807, 2.05) is 0 Å². The highest BCUT2D eigenvalue weighted by Gasteiger charge is 2.30. The highest BCUT2D eigenvalue weighted by molar-refractivity contribution is 5.89. The minimum absolute atomic E-state index is 0.558. The first-order valence-corrected chi connectivity index (χ1v) is 10.0. The summed E-state index contributed by atoms with van der Waals surface area (Å²) in [5.74, 6) is -2.51. The molecule has 0 amide bonds. The van der Waals surface area contributed by atoms with Crippen LogP contribution in [0.5, 0.6) is 0 Å². The lowest BCUT2D eigenvalue weighted by Gasteiger charge is -2.34. The summed E-state index contributed by atoms with van der Waals surface area (Å²) in [5.41, 5.74) is 4.30. The number of carboxylic acids is 2. The van der Waals surface area contributed by atoms with Gasteiger partial charge in [0, 0.05) is 37.3 Å². The Morgan fingerprint density at radius 1 is 1.00 bits per heavy atom. The summed E-state index contributed by atoms with van der Waals surface area (Å²) in [4.78, 5) is 21.9. The van der Waals surface area contributed by atoms with Gasteiger partial charge in [-0.2, -0.15) is 0 Å². The van der Waals surface area contributed by atoms with E-state index in [9.17, 15) is 9.59 Å². The molecule has 1 atom stereocenters. The molecule has 1 aromatic rings. The summed E-state index contributed by atoms with van der Waals surface area (Å²) < 4.78 is 0. The van der Waals surface area contributed by atoms with Crippen molar-refractivity contribution in [2.75, 3.05) is 13.1 Å².